The molecule has 2 heterocycles. The van der Waals surface area contributed by atoms with E-state index in [2.05, 4.69) is 31.4 Å². The van der Waals surface area contributed by atoms with Crippen molar-refractivity contribution in [1.29, 1.82) is 0 Å². The van der Waals surface area contributed by atoms with Gasteiger partial charge in [0.05, 0.1) is 28.6 Å². The van der Waals surface area contributed by atoms with E-state index in [9.17, 15) is 4.79 Å². The summed E-state index contributed by atoms with van der Waals surface area (Å²) in [4.78, 5) is 11.7. The maximum absolute atomic E-state index is 11.7. The van der Waals surface area contributed by atoms with Crippen LogP contribution in [0.3, 0.4) is 0 Å². The first-order chi connectivity index (χ1) is 9.04. The summed E-state index contributed by atoms with van der Waals surface area (Å²) >= 11 is 3.32. The Kier molecular flexibility index (Phi) is 4.36. The second-order valence-electron chi connectivity index (χ2n) is 4.35. The van der Waals surface area contributed by atoms with Crippen molar-refractivity contribution in [1.82, 2.24) is 24.9 Å². The van der Waals surface area contributed by atoms with Gasteiger partial charge in [-0.2, -0.15) is 10.2 Å². The molecule has 7 heteroatoms. The summed E-state index contributed by atoms with van der Waals surface area (Å²) in [6.45, 7) is 3.00. The molecule has 0 aliphatic carbocycles. The van der Waals surface area contributed by atoms with Crippen molar-refractivity contribution in [3.05, 3.63) is 34.3 Å². The van der Waals surface area contributed by atoms with Crippen LogP contribution in [-0.4, -0.2) is 25.5 Å². The van der Waals surface area contributed by atoms with E-state index in [1.54, 1.807) is 15.6 Å². The number of hydrogen-bond donors (Lipinski definition) is 1. The first-order valence-electron chi connectivity index (χ1n) is 5.99. The lowest BCUT2D eigenvalue weighted by atomic mass is 10.3. The first kappa shape index (κ1) is 13.8. The monoisotopic (exact) mass is 325 g/mol. The van der Waals surface area contributed by atoms with Gasteiger partial charge in [-0.05, 0) is 28.9 Å². The zero-order valence-electron chi connectivity index (χ0n) is 10.9. The third-order valence-corrected chi connectivity index (χ3v) is 3.14. The minimum Gasteiger partial charge on any atom is -0.350 e. The molecule has 0 aliphatic heterocycles. The summed E-state index contributed by atoms with van der Waals surface area (Å²) < 4.78 is 4.43. The van der Waals surface area contributed by atoms with Crippen LogP contribution in [0.2, 0.25) is 0 Å². The normalized spacial score (nSPS) is 10.7. The number of hydrogen-bond acceptors (Lipinski definition) is 3. The average Bonchev–Trinajstić information content (AvgIpc) is 2.90. The summed E-state index contributed by atoms with van der Waals surface area (Å²) in [5.74, 6) is 0.00507. The zero-order chi connectivity index (χ0) is 13.8. The Balaban J connectivity index is 1.77. The van der Waals surface area contributed by atoms with Gasteiger partial charge in [0.2, 0.25) is 5.91 Å². The highest BCUT2D eigenvalue weighted by Gasteiger charge is 2.06. The van der Waals surface area contributed by atoms with E-state index in [-0.39, 0.29) is 5.91 Å². The number of rotatable bonds is 5. The largest absolute Gasteiger partial charge is 0.350 e. The summed E-state index contributed by atoms with van der Waals surface area (Å²) in [5.41, 5.74) is 1.95. The molecule has 0 saturated heterocycles. The molecular formula is C12H16BrN5O. The van der Waals surface area contributed by atoms with Crippen LogP contribution in [0.4, 0.5) is 0 Å². The Labute approximate surface area is 119 Å². The van der Waals surface area contributed by atoms with E-state index < -0.39 is 0 Å². The molecule has 0 aliphatic rings. The molecular weight excluding hydrogens is 310 g/mol. The molecule has 102 valence electrons. The van der Waals surface area contributed by atoms with Crippen molar-refractivity contribution >= 4 is 21.8 Å². The molecule has 0 spiro atoms. The zero-order valence-corrected chi connectivity index (χ0v) is 12.5. The van der Waals surface area contributed by atoms with Crippen LogP contribution in [0.5, 0.6) is 0 Å². The Morgan fingerprint density at radius 3 is 2.89 bits per heavy atom. The average molecular weight is 326 g/mol. The molecule has 0 radical (unpaired) electrons. The SMILES string of the molecule is Cc1cc(CNC(=O)CCn2cc(Br)cn2)n(C)n1. The van der Waals surface area contributed by atoms with Crippen LogP contribution in [-0.2, 0) is 24.9 Å². The summed E-state index contributed by atoms with van der Waals surface area (Å²) in [6.07, 6.45) is 3.96. The molecule has 19 heavy (non-hydrogen) atoms. The van der Waals surface area contributed by atoms with Gasteiger partial charge in [0.25, 0.3) is 0 Å². The molecule has 0 fully saturated rings. The Morgan fingerprint density at radius 2 is 2.32 bits per heavy atom. The molecule has 0 atom stereocenters. The predicted octanol–water partition coefficient (Wildman–Crippen LogP) is 1.39. The van der Waals surface area contributed by atoms with Gasteiger partial charge in [-0.3, -0.25) is 14.2 Å². The number of aromatic nitrogens is 4. The van der Waals surface area contributed by atoms with Crippen molar-refractivity contribution in [2.75, 3.05) is 0 Å². The van der Waals surface area contributed by atoms with Crippen LogP contribution in [0.15, 0.2) is 22.9 Å². The van der Waals surface area contributed by atoms with Crippen LogP contribution >= 0.6 is 15.9 Å². The van der Waals surface area contributed by atoms with Crippen molar-refractivity contribution < 1.29 is 4.79 Å². The summed E-state index contributed by atoms with van der Waals surface area (Å²) in [6, 6.07) is 1.96. The number of halogens is 1. The number of aryl methyl sites for hydroxylation is 3. The van der Waals surface area contributed by atoms with Gasteiger partial charge in [0.1, 0.15) is 0 Å². The summed E-state index contributed by atoms with van der Waals surface area (Å²) in [5, 5.41) is 11.2. The highest BCUT2D eigenvalue weighted by atomic mass is 79.9. The molecule has 2 rings (SSSR count). The van der Waals surface area contributed by atoms with E-state index in [1.165, 1.54) is 0 Å². The molecule has 6 nitrogen and oxygen atoms in total. The minimum atomic E-state index is 0.00507. The fourth-order valence-corrected chi connectivity index (χ4v) is 2.11. The lowest BCUT2D eigenvalue weighted by Gasteiger charge is -2.05. The number of amides is 1. The molecule has 0 unspecified atom stereocenters. The third kappa shape index (κ3) is 3.92. The van der Waals surface area contributed by atoms with Gasteiger partial charge in [0, 0.05) is 26.2 Å². The number of carbonyl (C=O) groups excluding carboxylic acids is 1. The number of nitrogens with one attached hydrogen (secondary N) is 1. The third-order valence-electron chi connectivity index (χ3n) is 2.74. The van der Waals surface area contributed by atoms with E-state index in [0.717, 1.165) is 15.9 Å². The molecule has 0 aromatic carbocycles. The Morgan fingerprint density at radius 1 is 1.53 bits per heavy atom. The lowest BCUT2D eigenvalue weighted by Crippen LogP contribution is -2.25. The fraction of sp³-hybridized carbons (Fsp3) is 0.417. The fourth-order valence-electron chi connectivity index (χ4n) is 1.78. The quantitative estimate of drug-likeness (QED) is 0.903. The van der Waals surface area contributed by atoms with Gasteiger partial charge in [-0.25, -0.2) is 0 Å². The minimum absolute atomic E-state index is 0.00507. The van der Waals surface area contributed by atoms with E-state index in [1.807, 2.05) is 26.2 Å². The van der Waals surface area contributed by atoms with Crippen LogP contribution in [0, 0.1) is 6.92 Å². The lowest BCUT2D eigenvalue weighted by molar-refractivity contribution is -0.121. The van der Waals surface area contributed by atoms with Gasteiger partial charge in [-0.1, -0.05) is 0 Å². The van der Waals surface area contributed by atoms with Crippen molar-refractivity contribution in [2.24, 2.45) is 7.05 Å². The topological polar surface area (TPSA) is 64.7 Å². The molecule has 1 amide bonds. The van der Waals surface area contributed by atoms with Crippen LogP contribution < -0.4 is 5.32 Å². The van der Waals surface area contributed by atoms with Crippen molar-refractivity contribution in [3.8, 4) is 0 Å². The molecule has 2 aromatic rings. The van der Waals surface area contributed by atoms with E-state index in [0.29, 0.717) is 19.5 Å². The maximum atomic E-state index is 11.7. The van der Waals surface area contributed by atoms with Crippen molar-refractivity contribution in [3.63, 3.8) is 0 Å². The number of nitrogens with zero attached hydrogens (tertiary/aromatic N) is 4. The standard InChI is InChI=1S/C12H16BrN5O/c1-9-5-11(17(2)16-9)7-14-12(19)3-4-18-8-10(13)6-15-18/h5-6,8H,3-4,7H2,1-2H3,(H,14,19). The maximum Gasteiger partial charge on any atom is 0.222 e. The molecule has 2 aromatic heterocycles. The molecule has 0 saturated carbocycles. The first-order valence-corrected chi connectivity index (χ1v) is 6.78. The van der Waals surface area contributed by atoms with Gasteiger partial charge in [0.15, 0.2) is 0 Å². The Bertz CT molecular complexity index is 574. The smallest absolute Gasteiger partial charge is 0.222 e. The number of carbonyl (C=O) groups is 1. The van der Waals surface area contributed by atoms with E-state index >= 15 is 0 Å². The summed E-state index contributed by atoms with van der Waals surface area (Å²) in [7, 11) is 1.87. The Hall–Kier alpha value is -1.63. The van der Waals surface area contributed by atoms with Crippen LogP contribution in [0.1, 0.15) is 17.8 Å². The predicted molar refractivity (Wildman–Crippen MR) is 74.3 cm³/mol. The van der Waals surface area contributed by atoms with Gasteiger partial charge < -0.3 is 5.32 Å². The van der Waals surface area contributed by atoms with Crippen molar-refractivity contribution in [2.45, 2.75) is 26.4 Å². The van der Waals surface area contributed by atoms with Gasteiger partial charge in [-0.15, -0.1) is 0 Å². The van der Waals surface area contributed by atoms with Crippen LogP contribution in [0.25, 0.3) is 0 Å². The van der Waals surface area contributed by atoms with Gasteiger partial charge >= 0.3 is 0 Å². The second kappa shape index (κ2) is 6.01. The molecule has 1 N–H and O–H groups in total. The highest BCUT2D eigenvalue weighted by Crippen LogP contribution is 2.06. The van der Waals surface area contributed by atoms with E-state index in [4.69, 9.17) is 0 Å². The highest BCUT2D eigenvalue weighted by molar-refractivity contribution is 9.10. The second-order valence-corrected chi connectivity index (χ2v) is 5.26. The molecule has 0 bridgehead atoms.